The fourth-order valence-electron chi connectivity index (χ4n) is 17.9. The highest BCUT2D eigenvalue weighted by atomic mass is 32.1. The van der Waals surface area contributed by atoms with Gasteiger partial charge in [-0.25, -0.2) is 0 Å². The highest BCUT2D eigenvalue weighted by molar-refractivity contribution is 7.27. The van der Waals surface area contributed by atoms with Crippen molar-refractivity contribution in [1.29, 1.82) is 0 Å². The molecule has 0 unspecified atom stereocenters. The van der Waals surface area contributed by atoms with Gasteiger partial charge in [0.25, 0.3) is 13.4 Å². The second kappa shape index (κ2) is 24.4. The number of hydrogen-bond acceptors (Lipinski definition) is 8. The van der Waals surface area contributed by atoms with Gasteiger partial charge in [0, 0.05) is 105 Å². The lowest BCUT2D eigenvalue weighted by Gasteiger charge is -2.47. The molecule has 5 aliphatic rings. The zero-order valence-electron chi connectivity index (χ0n) is 57.6. The molecule has 0 amide bonds. The van der Waals surface area contributed by atoms with Crippen LogP contribution in [0, 0.1) is 0 Å². The third-order valence-corrected chi connectivity index (χ3v) is 24.7. The molecule has 2 aromatic heterocycles. The van der Waals surface area contributed by atoms with Gasteiger partial charge in [-0.15, -0.1) is 22.7 Å². The number of allylic oxidation sites excluding steroid dienone is 4. The molecule has 6 heterocycles. The Hall–Kier alpha value is -12.9. The predicted octanol–water partition coefficient (Wildman–Crippen LogP) is 23.1. The molecule has 0 bridgehead atoms. The summed E-state index contributed by atoms with van der Waals surface area (Å²) in [6.07, 6.45) is 8.66. The van der Waals surface area contributed by atoms with Gasteiger partial charge in [-0.3, -0.25) is 0 Å². The number of nitrogens with zero attached hydrogens (tertiary/aromatic N) is 5. The maximum absolute atomic E-state index is 7.52. The van der Waals surface area contributed by atoms with Crippen molar-refractivity contribution in [3.8, 4) is 33.8 Å². The zero-order chi connectivity index (χ0) is 69.5. The summed E-state index contributed by atoms with van der Waals surface area (Å²) < 4.78 is 12.5. The fraction of sp³-hybridized carbons (Fsp3) is 0.0208. The molecule has 106 heavy (non-hydrogen) atoms. The first-order valence-corrected chi connectivity index (χ1v) is 38.2. The molecule has 496 valence electrons. The minimum absolute atomic E-state index is 0.232. The predicted molar refractivity (Wildman–Crippen MR) is 453 cm³/mol. The molecule has 1 aliphatic carbocycles. The van der Waals surface area contributed by atoms with Crippen LogP contribution in [0.4, 0.5) is 79.6 Å². The van der Waals surface area contributed by atoms with Crippen molar-refractivity contribution in [2.75, 3.05) is 24.5 Å². The van der Waals surface area contributed by atoms with Crippen LogP contribution in [0.25, 0.3) is 62.6 Å². The van der Waals surface area contributed by atoms with Crippen molar-refractivity contribution >= 4 is 189 Å². The average molecular weight is 1390 g/mol. The van der Waals surface area contributed by atoms with Crippen LogP contribution >= 0.6 is 22.7 Å². The van der Waals surface area contributed by atoms with Crippen molar-refractivity contribution in [3.05, 3.63) is 364 Å². The molecule has 4 aliphatic heterocycles. The number of thiophene rings is 2. The highest BCUT2D eigenvalue weighted by Gasteiger charge is 2.49. The summed E-state index contributed by atoms with van der Waals surface area (Å²) in [6, 6.07) is 127. The first kappa shape index (κ1) is 60.7. The number of hydrogen-bond donors (Lipinski definition) is 0. The molecule has 0 N–H and O–H groups in total. The van der Waals surface area contributed by atoms with Crippen molar-refractivity contribution in [1.82, 2.24) is 0 Å². The van der Waals surface area contributed by atoms with Gasteiger partial charge in [-0.2, -0.15) is 0 Å². The minimum atomic E-state index is -0.251. The largest absolute Gasteiger partial charge is 0.458 e. The van der Waals surface area contributed by atoms with Gasteiger partial charge in [0.1, 0.15) is 11.5 Å². The lowest BCUT2D eigenvalue weighted by molar-refractivity contribution is 0.487. The Morgan fingerprint density at radius 2 is 0.811 bits per heavy atom. The van der Waals surface area contributed by atoms with E-state index in [9.17, 15) is 0 Å². The maximum atomic E-state index is 7.52. The van der Waals surface area contributed by atoms with E-state index in [1.165, 1.54) is 67.9 Å². The lowest BCUT2D eigenvalue weighted by Crippen LogP contribution is -2.64. The normalized spacial score (nSPS) is 13.6. The van der Waals surface area contributed by atoms with Crippen LogP contribution in [-0.4, -0.2) is 13.4 Å². The van der Waals surface area contributed by atoms with Gasteiger partial charge in [0.2, 0.25) is 0 Å². The summed E-state index contributed by atoms with van der Waals surface area (Å²) in [5.74, 6) is 1.71. The van der Waals surface area contributed by atoms with Crippen molar-refractivity contribution in [2.24, 2.45) is 0 Å². The van der Waals surface area contributed by atoms with Gasteiger partial charge in [0.05, 0.1) is 37.8 Å². The molecule has 0 saturated heterocycles. The molecule has 0 fully saturated rings. The number of benzene rings is 15. The Balaban J connectivity index is 0.879. The minimum Gasteiger partial charge on any atom is -0.458 e. The van der Waals surface area contributed by atoms with E-state index in [-0.39, 0.29) is 13.4 Å². The van der Waals surface area contributed by atoms with Crippen LogP contribution < -0.4 is 62.0 Å². The summed E-state index contributed by atoms with van der Waals surface area (Å²) in [5.41, 5.74) is 28.1. The molecule has 0 atom stereocenters. The Bertz CT molecular complexity index is 6440. The zero-order valence-corrected chi connectivity index (χ0v) is 59.2. The van der Waals surface area contributed by atoms with Gasteiger partial charge >= 0.3 is 0 Å². The van der Waals surface area contributed by atoms with Gasteiger partial charge in [-0.1, -0.05) is 249 Å². The molecule has 0 radical (unpaired) electrons. The Kier molecular flexibility index (Phi) is 14.0. The second-order valence-electron chi connectivity index (χ2n) is 28.1. The first-order valence-electron chi connectivity index (χ1n) is 36.6. The van der Waals surface area contributed by atoms with E-state index >= 15 is 0 Å². The number of ether oxygens (including phenoxy) is 1. The molecule has 22 rings (SSSR count). The monoisotopic (exact) mass is 1390 g/mol. The van der Waals surface area contributed by atoms with E-state index in [0.717, 1.165) is 137 Å². The van der Waals surface area contributed by atoms with Crippen LogP contribution in [0.2, 0.25) is 0 Å². The SMILES string of the molecule is C1=CCCC(N(c2cc3c4c(c2)N(c2ccccc2)c2cc5c(cc2B4c2ccccc2O3)B2c3ccccc3N(c3ccccc3)c3cc(N(c4ccccc4)c4cccc6c4sc4ccccc46)cc(c32)N5c2c(-c3ccccc3)cccc2-c2ccccc2)c2cccc3c2sc2ccccc23)=C1. The summed E-state index contributed by atoms with van der Waals surface area (Å²) in [5, 5.41) is 5.03. The van der Waals surface area contributed by atoms with Crippen LogP contribution in [0.15, 0.2) is 364 Å². The summed E-state index contributed by atoms with van der Waals surface area (Å²) in [7, 11) is 0. The number of fused-ring (bicyclic) bond motifs is 14. The van der Waals surface area contributed by atoms with Crippen molar-refractivity contribution in [3.63, 3.8) is 0 Å². The van der Waals surface area contributed by atoms with Crippen LogP contribution in [0.5, 0.6) is 11.5 Å². The lowest BCUT2D eigenvalue weighted by atomic mass is 9.30. The van der Waals surface area contributed by atoms with E-state index in [2.05, 4.69) is 382 Å². The topological polar surface area (TPSA) is 25.4 Å². The first-order chi connectivity index (χ1) is 52.6. The van der Waals surface area contributed by atoms with Gasteiger partial charge < -0.3 is 29.2 Å². The van der Waals surface area contributed by atoms with E-state index < -0.39 is 0 Å². The number of para-hydroxylation sites is 6. The van der Waals surface area contributed by atoms with E-state index in [1.807, 2.05) is 22.7 Å². The smallest absolute Gasteiger partial charge is 0.256 e. The molecular formula is C96H63B2N5OS2. The second-order valence-corrected chi connectivity index (χ2v) is 30.2. The van der Waals surface area contributed by atoms with Crippen molar-refractivity contribution in [2.45, 2.75) is 12.8 Å². The standard InChI is InChI=1S/C96H63B2N5OS2/c1-7-30-62(31-8-1)70-44-27-45-71(63-32-9-2-10-33-63)94(70)103-84-61-83-78(98-77-49-22-24-53-88(77)104-89-59-69(58-87(93(89)98)102(83)67-40-17-6-18-41-67)100(65-36-13-4-14-37-65)82-52-29-47-75-73-43-20-26-55-91(73)106-96(75)82)60-79(84)97-76-48-21-23-50-80(76)101(66-38-15-5-16-39-66)85-56-68(57-86(103)92(85)97)99(64-34-11-3-12-35-64)81-51-28-46-74-72-42-19-25-54-90(72)105-95(74)81/h1-13,15-36,38-61H,14,37H2. The van der Waals surface area contributed by atoms with Crippen LogP contribution in [-0.2, 0) is 0 Å². The summed E-state index contributed by atoms with van der Waals surface area (Å²) in [4.78, 5) is 12.9. The average Bonchev–Trinajstić information content (AvgIpc) is 0.837. The third-order valence-electron chi connectivity index (χ3n) is 22.3. The summed E-state index contributed by atoms with van der Waals surface area (Å²) >= 11 is 3.74. The fourth-order valence-corrected chi connectivity index (χ4v) is 20.3. The molecule has 0 saturated carbocycles. The molecule has 17 aromatic rings. The van der Waals surface area contributed by atoms with Crippen LogP contribution in [0.1, 0.15) is 12.8 Å². The molecule has 6 nitrogen and oxygen atoms in total. The van der Waals surface area contributed by atoms with Gasteiger partial charge in [-0.05, 0) is 160 Å². The molecular weight excluding hydrogens is 1320 g/mol. The Morgan fingerprint density at radius 3 is 1.43 bits per heavy atom. The highest BCUT2D eigenvalue weighted by Crippen LogP contribution is 2.56. The maximum Gasteiger partial charge on any atom is 0.256 e. The Labute approximate surface area is 623 Å². The quantitative estimate of drug-likeness (QED) is 0.120. The Morgan fingerprint density at radius 1 is 0.330 bits per heavy atom. The third kappa shape index (κ3) is 9.37. The molecule has 0 spiro atoms. The number of rotatable bonds is 11. The van der Waals surface area contributed by atoms with Crippen molar-refractivity contribution < 1.29 is 4.74 Å². The van der Waals surface area contributed by atoms with E-state index in [0.29, 0.717) is 0 Å². The van der Waals surface area contributed by atoms with Crippen LogP contribution in [0.3, 0.4) is 0 Å². The molecule has 10 heteroatoms. The van der Waals surface area contributed by atoms with Gasteiger partial charge in [0.15, 0.2) is 0 Å². The number of anilines is 14. The van der Waals surface area contributed by atoms with E-state index in [1.54, 1.807) is 0 Å². The summed E-state index contributed by atoms with van der Waals surface area (Å²) in [6.45, 7) is -0.483. The van der Waals surface area contributed by atoms with E-state index in [4.69, 9.17) is 4.74 Å². The molecule has 15 aromatic carbocycles.